The monoisotopic (exact) mass is 382 g/mol. The number of carbonyl (C=O) groups is 1. The fourth-order valence-electron chi connectivity index (χ4n) is 1.93. The number of ether oxygens (including phenoxy) is 1. The fourth-order valence-corrected chi connectivity index (χ4v) is 2.72. The molecule has 0 aliphatic rings. The molecule has 0 bridgehead atoms. The Morgan fingerprint density at radius 3 is 2.58 bits per heavy atom. The molecular weight excluding hydrogens is 352 g/mol. The van der Waals surface area contributed by atoms with Crippen LogP contribution < -0.4 is 10.4 Å². The molecule has 7 heteroatoms. The van der Waals surface area contributed by atoms with Gasteiger partial charge in [0.15, 0.2) is 15.1 Å². The van der Waals surface area contributed by atoms with Crippen LogP contribution in [0, 0.1) is 0 Å². The van der Waals surface area contributed by atoms with E-state index in [2.05, 4.69) is 33.9 Å². The van der Waals surface area contributed by atoms with Crippen molar-refractivity contribution in [1.29, 1.82) is 0 Å². The van der Waals surface area contributed by atoms with Crippen LogP contribution in [0.25, 0.3) is 0 Å². The molecule has 0 aliphatic carbocycles. The normalized spacial score (nSPS) is 13.8. The molecule has 1 atom stereocenters. The Hall–Kier alpha value is -1.86. The van der Waals surface area contributed by atoms with Gasteiger partial charge < -0.3 is 18.7 Å². The van der Waals surface area contributed by atoms with Gasteiger partial charge in [0, 0.05) is 18.1 Å². The molecule has 6 nitrogen and oxygen atoms in total. The minimum Gasteiger partial charge on any atom is -0.478 e. The molecule has 0 saturated heterocycles. The number of allylic oxidation sites excluding steroid dienone is 1. The largest absolute Gasteiger partial charge is 0.478 e. The first-order chi connectivity index (χ1) is 11.9. The summed E-state index contributed by atoms with van der Waals surface area (Å²) in [5.41, 5.74) is -0.474. The number of carboxylic acids is 1. The van der Waals surface area contributed by atoms with Crippen LogP contribution in [0.1, 0.15) is 52.2 Å². The van der Waals surface area contributed by atoms with E-state index >= 15 is 0 Å². The highest BCUT2D eigenvalue weighted by Crippen LogP contribution is 2.36. The van der Waals surface area contributed by atoms with Gasteiger partial charge in [0.25, 0.3) is 0 Å². The van der Waals surface area contributed by atoms with Crippen LogP contribution in [-0.2, 0) is 9.22 Å². The summed E-state index contributed by atoms with van der Waals surface area (Å²) in [7, 11) is -1.92. The van der Waals surface area contributed by atoms with E-state index in [0.717, 1.165) is 6.08 Å². The Bertz CT molecular complexity index is 684. The summed E-state index contributed by atoms with van der Waals surface area (Å²) >= 11 is 0. The summed E-state index contributed by atoms with van der Waals surface area (Å²) in [6.07, 6.45) is 3.94. The van der Waals surface area contributed by atoms with E-state index in [0.29, 0.717) is 24.4 Å². The highest BCUT2D eigenvalue weighted by molar-refractivity contribution is 6.74. The molecule has 0 saturated carbocycles. The van der Waals surface area contributed by atoms with Gasteiger partial charge in [0.1, 0.15) is 11.5 Å². The van der Waals surface area contributed by atoms with Crippen molar-refractivity contribution in [3.05, 3.63) is 40.5 Å². The average Bonchev–Trinajstić information content (AvgIpc) is 2.49. The van der Waals surface area contributed by atoms with Crippen molar-refractivity contribution in [3.8, 4) is 5.75 Å². The average molecular weight is 383 g/mol. The lowest BCUT2D eigenvalue weighted by Crippen LogP contribution is -2.41. The Morgan fingerprint density at radius 1 is 1.35 bits per heavy atom. The van der Waals surface area contributed by atoms with Gasteiger partial charge in [-0.3, -0.25) is 0 Å². The molecule has 1 heterocycles. The van der Waals surface area contributed by atoms with E-state index in [1.165, 1.54) is 6.07 Å². The number of hydrogen-bond donors (Lipinski definition) is 1. The quantitative estimate of drug-likeness (QED) is 0.384. The van der Waals surface area contributed by atoms with E-state index in [-0.39, 0.29) is 17.7 Å². The summed E-state index contributed by atoms with van der Waals surface area (Å²) < 4.78 is 16.8. The Labute approximate surface area is 156 Å². The van der Waals surface area contributed by atoms with E-state index < -0.39 is 19.9 Å². The maximum absolute atomic E-state index is 11.8. The van der Waals surface area contributed by atoms with Crippen LogP contribution in [-0.4, -0.2) is 26.2 Å². The molecule has 1 rings (SSSR count). The van der Waals surface area contributed by atoms with E-state index in [9.17, 15) is 9.59 Å². The van der Waals surface area contributed by atoms with Gasteiger partial charge >= 0.3 is 11.6 Å². The molecule has 1 N–H and O–H groups in total. The summed E-state index contributed by atoms with van der Waals surface area (Å²) in [4.78, 5) is 22.2. The zero-order chi connectivity index (χ0) is 20.0. The van der Waals surface area contributed by atoms with Crippen LogP contribution in [0.15, 0.2) is 33.5 Å². The molecule has 0 aliphatic heterocycles. The molecule has 0 aromatic carbocycles. The molecule has 1 aromatic heterocycles. The number of carboxylic acid groups (broad SMARTS) is 1. The maximum Gasteiger partial charge on any atom is 0.339 e. The first kappa shape index (κ1) is 22.2. The third kappa shape index (κ3) is 7.17. The molecular formula is C19H30O6Si. The van der Waals surface area contributed by atoms with Crippen LogP contribution in [0.5, 0.6) is 5.75 Å². The SMILES string of the molecule is C[C@H](CC/C=C/C(=O)O)c1cc(OCO[Si](C)(C)C(C)(C)C)cc(=O)o1. The number of hydrogen-bond acceptors (Lipinski definition) is 5. The topological polar surface area (TPSA) is 86.0 Å². The van der Waals surface area contributed by atoms with Gasteiger partial charge in [-0.1, -0.05) is 33.8 Å². The van der Waals surface area contributed by atoms with Crippen molar-refractivity contribution < 1.29 is 23.5 Å². The Kier molecular flexibility index (Phi) is 7.83. The maximum atomic E-state index is 11.8. The molecule has 146 valence electrons. The fraction of sp³-hybridized carbons (Fsp3) is 0.579. The second-order valence-electron chi connectivity index (χ2n) is 7.90. The number of rotatable bonds is 9. The highest BCUT2D eigenvalue weighted by atomic mass is 28.4. The minimum absolute atomic E-state index is 0.0361. The minimum atomic E-state index is -1.92. The van der Waals surface area contributed by atoms with Crippen molar-refractivity contribution in [1.82, 2.24) is 0 Å². The lowest BCUT2D eigenvalue weighted by molar-refractivity contribution is -0.131. The van der Waals surface area contributed by atoms with Crippen molar-refractivity contribution >= 4 is 14.3 Å². The van der Waals surface area contributed by atoms with Crippen LogP contribution in [0.4, 0.5) is 0 Å². The van der Waals surface area contributed by atoms with Crippen LogP contribution in [0.3, 0.4) is 0 Å². The molecule has 0 spiro atoms. The third-order valence-corrected chi connectivity index (χ3v) is 9.18. The molecule has 26 heavy (non-hydrogen) atoms. The highest BCUT2D eigenvalue weighted by Gasteiger charge is 2.37. The van der Waals surface area contributed by atoms with Gasteiger partial charge in [-0.2, -0.15) is 0 Å². The van der Waals surface area contributed by atoms with Gasteiger partial charge in [-0.15, -0.1) is 0 Å². The molecule has 0 radical (unpaired) electrons. The van der Waals surface area contributed by atoms with Crippen LogP contribution in [0.2, 0.25) is 18.1 Å². The van der Waals surface area contributed by atoms with Crippen molar-refractivity contribution in [2.75, 3.05) is 6.79 Å². The predicted molar refractivity (Wildman–Crippen MR) is 103 cm³/mol. The van der Waals surface area contributed by atoms with E-state index in [4.69, 9.17) is 18.7 Å². The van der Waals surface area contributed by atoms with Gasteiger partial charge in [0.05, 0.1) is 6.07 Å². The van der Waals surface area contributed by atoms with Gasteiger partial charge in [-0.05, 0) is 31.0 Å². The van der Waals surface area contributed by atoms with Gasteiger partial charge in [0.2, 0.25) is 0 Å². The van der Waals surface area contributed by atoms with E-state index in [1.807, 2.05) is 6.92 Å². The standard InChI is InChI=1S/C19H30O6Si/c1-14(9-7-8-10-17(20)21)16-11-15(12-18(22)25-16)23-13-24-26(5,6)19(2,3)4/h8,10-12,14H,7,9,13H2,1-6H3,(H,20,21)/b10-8+/t14-/m1/s1. The second-order valence-corrected chi connectivity index (χ2v) is 12.7. The zero-order valence-corrected chi connectivity index (χ0v) is 17.5. The zero-order valence-electron chi connectivity index (χ0n) is 16.5. The van der Waals surface area contributed by atoms with Crippen molar-refractivity contribution in [2.45, 2.75) is 64.6 Å². The Balaban J connectivity index is 2.69. The van der Waals surface area contributed by atoms with Crippen molar-refractivity contribution in [3.63, 3.8) is 0 Å². The lowest BCUT2D eigenvalue weighted by Gasteiger charge is -2.35. The summed E-state index contributed by atoms with van der Waals surface area (Å²) in [5.74, 6) is -0.0706. The molecule has 0 unspecified atom stereocenters. The van der Waals surface area contributed by atoms with Crippen LogP contribution >= 0.6 is 0 Å². The van der Waals surface area contributed by atoms with Crippen molar-refractivity contribution in [2.24, 2.45) is 0 Å². The molecule has 1 aromatic rings. The Morgan fingerprint density at radius 2 is 2.00 bits per heavy atom. The predicted octanol–water partition coefficient (Wildman–Crippen LogP) is 4.52. The number of aliphatic carboxylic acids is 1. The molecule has 0 amide bonds. The summed E-state index contributed by atoms with van der Waals surface area (Å²) in [5, 5.41) is 8.66. The first-order valence-electron chi connectivity index (χ1n) is 8.73. The molecule has 0 fully saturated rings. The first-order valence-corrected chi connectivity index (χ1v) is 11.6. The second kappa shape index (κ2) is 9.18. The van der Waals surface area contributed by atoms with E-state index in [1.54, 1.807) is 12.1 Å². The summed E-state index contributed by atoms with van der Waals surface area (Å²) in [6.45, 7) is 12.7. The summed E-state index contributed by atoms with van der Waals surface area (Å²) in [6, 6.07) is 3.00. The van der Waals surface area contributed by atoms with Gasteiger partial charge in [-0.25, -0.2) is 9.59 Å². The lowest BCUT2D eigenvalue weighted by atomic mass is 10.0. The third-order valence-electron chi connectivity index (χ3n) is 4.73. The smallest absolute Gasteiger partial charge is 0.339 e.